The number of hydrogen-bond acceptors (Lipinski definition) is 5. The Labute approximate surface area is 141 Å². The molecule has 0 saturated heterocycles. The van der Waals surface area contributed by atoms with Crippen LogP contribution in [-0.4, -0.2) is 39.0 Å². The summed E-state index contributed by atoms with van der Waals surface area (Å²) in [5, 5.41) is 8.76. The van der Waals surface area contributed by atoms with Crippen LogP contribution in [0.1, 0.15) is 25.8 Å². The van der Waals surface area contributed by atoms with Crippen molar-refractivity contribution in [3.63, 3.8) is 0 Å². The van der Waals surface area contributed by atoms with Crippen molar-refractivity contribution in [1.29, 1.82) is 0 Å². The molecule has 6 nitrogen and oxygen atoms in total. The van der Waals surface area contributed by atoms with Crippen LogP contribution in [0.2, 0.25) is 0 Å². The highest BCUT2D eigenvalue weighted by Gasteiger charge is 2.10. The molecule has 0 unspecified atom stereocenters. The third-order valence-corrected chi connectivity index (χ3v) is 3.68. The molecule has 0 fully saturated rings. The van der Waals surface area contributed by atoms with Crippen LogP contribution < -0.4 is 5.32 Å². The lowest BCUT2D eigenvalue weighted by Gasteiger charge is -2.09. The Hall–Kier alpha value is -2.47. The molecule has 0 bridgehead atoms. The number of ether oxygens (including phenoxy) is 1. The zero-order valence-corrected chi connectivity index (χ0v) is 14.4. The summed E-state index contributed by atoms with van der Waals surface area (Å²) >= 11 is 0. The average Bonchev–Trinajstić information content (AvgIpc) is 2.99. The number of hydrogen-bond donors (Lipinski definition) is 1. The molecule has 0 spiro atoms. The van der Waals surface area contributed by atoms with Crippen molar-refractivity contribution in [2.45, 2.75) is 33.3 Å². The minimum Gasteiger partial charge on any atom is -0.379 e. The van der Waals surface area contributed by atoms with Crippen LogP contribution in [0.4, 0.5) is 5.82 Å². The molecule has 2 aromatic heterocycles. The summed E-state index contributed by atoms with van der Waals surface area (Å²) in [6.45, 7) is 7.69. The van der Waals surface area contributed by atoms with E-state index in [0.29, 0.717) is 0 Å². The molecule has 0 aliphatic rings. The van der Waals surface area contributed by atoms with Crippen molar-refractivity contribution in [3.8, 4) is 5.69 Å². The first-order chi connectivity index (χ1) is 11.6. The maximum absolute atomic E-state index is 5.55. The van der Waals surface area contributed by atoms with E-state index in [2.05, 4.69) is 39.4 Å². The van der Waals surface area contributed by atoms with Crippen molar-refractivity contribution < 1.29 is 4.74 Å². The van der Waals surface area contributed by atoms with Crippen LogP contribution >= 0.6 is 0 Å². The Morgan fingerprint density at radius 2 is 2.12 bits per heavy atom. The van der Waals surface area contributed by atoms with Gasteiger partial charge in [0.1, 0.15) is 12.1 Å². The van der Waals surface area contributed by atoms with Crippen molar-refractivity contribution in [1.82, 2.24) is 19.7 Å². The summed E-state index contributed by atoms with van der Waals surface area (Å²) in [7, 11) is 0. The Morgan fingerprint density at radius 1 is 1.25 bits per heavy atom. The molecule has 1 N–H and O–H groups in total. The van der Waals surface area contributed by atoms with Crippen LogP contribution in [-0.2, 0) is 4.74 Å². The zero-order chi connectivity index (χ0) is 16.9. The van der Waals surface area contributed by atoms with E-state index in [1.807, 2.05) is 36.9 Å². The van der Waals surface area contributed by atoms with Gasteiger partial charge in [0, 0.05) is 13.2 Å². The van der Waals surface area contributed by atoms with Crippen molar-refractivity contribution in [3.05, 3.63) is 42.4 Å². The number of rotatable bonds is 7. The van der Waals surface area contributed by atoms with E-state index in [-0.39, 0.29) is 6.10 Å². The van der Waals surface area contributed by atoms with Crippen LogP contribution in [0, 0.1) is 6.92 Å². The van der Waals surface area contributed by atoms with Gasteiger partial charge < -0.3 is 10.1 Å². The first-order valence-electron chi connectivity index (χ1n) is 8.26. The number of aryl methyl sites for hydroxylation is 1. The summed E-state index contributed by atoms with van der Waals surface area (Å²) in [6.07, 6.45) is 4.58. The molecule has 0 radical (unpaired) electrons. The van der Waals surface area contributed by atoms with Gasteiger partial charge in [-0.1, -0.05) is 12.1 Å². The molecule has 0 atom stereocenters. The lowest BCUT2D eigenvalue weighted by atomic mass is 10.2. The minimum atomic E-state index is 0.267. The predicted octanol–water partition coefficient (Wildman–Crippen LogP) is 3.35. The van der Waals surface area contributed by atoms with Gasteiger partial charge in [0.2, 0.25) is 0 Å². The molecule has 0 amide bonds. The number of aromatic nitrogens is 4. The Balaban J connectivity index is 1.77. The van der Waals surface area contributed by atoms with Gasteiger partial charge in [0.05, 0.1) is 23.4 Å². The number of anilines is 1. The molecule has 0 aliphatic heterocycles. The highest BCUT2D eigenvalue weighted by Crippen LogP contribution is 2.21. The lowest BCUT2D eigenvalue weighted by Crippen LogP contribution is -2.10. The molecule has 126 valence electrons. The van der Waals surface area contributed by atoms with E-state index in [1.165, 1.54) is 5.56 Å². The fourth-order valence-electron chi connectivity index (χ4n) is 2.53. The first-order valence-corrected chi connectivity index (χ1v) is 8.26. The monoisotopic (exact) mass is 325 g/mol. The van der Waals surface area contributed by atoms with E-state index in [0.717, 1.165) is 42.1 Å². The fraction of sp³-hybridized carbons (Fsp3) is 0.389. The number of nitrogens with one attached hydrogen (secondary N) is 1. The third kappa shape index (κ3) is 3.71. The fourth-order valence-corrected chi connectivity index (χ4v) is 2.53. The van der Waals surface area contributed by atoms with E-state index in [4.69, 9.17) is 4.74 Å². The quantitative estimate of drug-likeness (QED) is 0.675. The van der Waals surface area contributed by atoms with Crippen molar-refractivity contribution in [2.24, 2.45) is 0 Å². The van der Waals surface area contributed by atoms with Gasteiger partial charge in [0.15, 0.2) is 5.65 Å². The minimum absolute atomic E-state index is 0.267. The molecule has 2 heterocycles. The smallest absolute Gasteiger partial charge is 0.168 e. The van der Waals surface area contributed by atoms with Crippen LogP contribution in [0.5, 0.6) is 0 Å². The summed E-state index contributed by atoms with van der Waals surface area (Å²) < 4.78 is 7.40. The molecule has 3 aromatic rings. The highest BCUT2D eigenvalue weighted by atomic mass is 16.5. The van der Waals surface area contributed by atoms with E-state index in [9.17, 15) is 0 Å². The Morgan fingerprint density at radius 3 is 2.92 bits per heavy atom. The first kappa shape index (κ1) is 16.4. The molecule has 1 aromatic carbocycles. The van der Waals surface area contributed by atoms with Gasteiger partial charge in [-0.3, -0.25) is 0 Å². The Bertz CT molecular complexity index is 812. The van der Waals surface area contributed by atoms with E-state index in [1.54, 1.807) is 6.33 Å². The molecule has 0 saturated carbocycles. The molecular formula is C18H23N5O. The zero-order valence-electron chi connectivity index (χ0n) is 14.4. The highest BCUT2D eigenvalue weighted by molar-refractivity contribution is 5.87. The second kappa shape index (κ2) is 7.40. The number of benzene rings is 1. The van der Waals surface area contributed by atoms with Gasteiger partial charge in [-0.15, -0.1) is 0 Å². The number of nitrogens with zero attached hydrogens (tertiary/aromatic N) is 4. The van der Waals surface area contributed by atoms with Crippen molar-refractivity contribution >= 4 is 16.9 Å². The maximum atomic E-state index is 5.55. The SMILES string of the molecule is Cc1cccc(-n2ncc3c(NCCCOC(C)C)ncnc32)c1. The van der Waals surface area contributed by atoms with Gasteiger partial charge >= 0.3 is 0 Å². The summed E-state index contributed by atoms with van der Waals surface area (Å²) in [5.74, 6) is 0.809. The van der Waals surface area contributed by atoms with Gasteiger partial charge in [-0.25, -0.2) is 14.6 Å². The second-order valence-electron chi connectivity index (χ2n) is 6.05. The predicted molar refractivity (Wildman–Crippen MR) is 95.6 cm³/mol. The second-order valence-corrected chi connectivity index (χ2v) is 6.05. The summed E-state index contributed by atoms with van der Waals surface area (Å²) in [4.78, 5) is 8.75. The molecule has 24 heavy (non-hydrogen) atoms. The van der Waals surface area contributed by atoms with Gasteiger partial charge in [0.25, 0.3) is 0 Å². The van der Waals surface area contributed by atoms with E-state index >= 15 is 0 Å². The van der Waals surface area contributed by atoms with Gasteiger partial charge in [-0.05, 0) is 44.9 Å². The maximum Gasteiger partial charge on any atom is 0.168 e. The molecule has 3 rings (SSSR count). The van der Waals surface area contributed by atoms with Gasteiger partial charge in [-0.2, -0.15) is 5.10 Å². The summed E-state index contributed by atoms with van der Waals surface area (Å²) in [5.41, 5.74) is 2.99. The lowest BCUT2D eigenvalue weighted by molar-refractivity contribution is 0.0787. The molecule has 6 heteroatoms. The molecular weight excluding hydrogens is 302 g/mol. The number of fused-ring (bicyclic) bond motifs is 1. The van der Waals surface area contributed by atoms with Crippen LogP contribution in [0.25, 0.3) is 16.7 Å². The van der Waals surface area contributed by atoms with Crippen LogP contribution in [0.3, 0.4) is 0 Å². The topological polar surface area (TPSA) is 64.9 Å². The van der Waals surface area contributed by atoms with E-state index < -0.39 is 0 Å². The molecule has 0 aliphatic carbocycles. The summed E-state index contributed by atoms with van der Waals surface area (Å²) in [6, 6.07) is 8.20. The van der Waals surface area contributed by atoms with Crippen molar-refractivity contribution in [2.75, 3.05) is 18.5 Å². The van der Waals surface area contributed by atoms with Crippen LogP contribution in [0.15, 0.2) is 36.8 Å². The standard InChI is InChI=1S/C18H23N5O/c1-13(2)24-9-5-8-19-17-16-11-22-23(18(16)21-12-20-17)15-7-4-6-14(3)10-15/h4,6-7,10-13H,5,8-9H2,1-3H3,(H,19,20,21). The average molecular weight is 325 g/mol. The normalized spacial score (nSPS) is 11.3. The third-order valence-electron chi connectivity index (χ3n) is 3.68. The Kier molecular flexibility index (Phi) is 5.05. The largest absolute Gasteiger partial charge is 0.379 e.